The Bertz CT molecular complexity index is 1870. The van der Waals surface area contributed by atoms with Gasteiger partial charge >= 0.3 is 0 Å². The van der Waals surface area contributed by atoms with Gasteiger partial charge in [0.1, 0.15) is 11.3 Å². The number of benzene rings is 1. The number of thiophene rings is 1. The number of pyridine rings is 1. The molecule has 0 spiro atoms. The van der Waals surface area contributed by atoms with E-state index < -0.39 is 0 Å². The third-order valence-electron chi connectivity index (χ3n) is 6.13. The van der Waals surface area contributed by atoms with Gasteiger partial charge in [0.25, 0.3) is 5.91 Å². The van der Waals surface area contributed by atoms with Crippen molar-refractivity contribution in [2.24, 2.45) is 7.05 Å². The van der Waals surface area contributed by atoms with Crippen LogP contribution in [0.1, 0.15) is 40.1 Å². The molecule has 1 aromatic carbocycles. The molecule has 0 unspecified atom stereocenters. The molecule has 1 amide bonds. The minimum absolute atomic E-state index is 0.125. The zero-order valence-electron chi connectivity index (χ0n) is 20.6. The maximum absolute atomic E-state index is 13.3. The van der Waals surface area contributed by atoms with Crippen molar-refractivity contribution in [3.8, 4) is 23.1 Å². The second-order valence-electron chi connectivity index (χ2n) is 8.76. The molecule has 38 heavy (non-hydrogen) atoms. The normalized spacial score (nSPS) is 11.8. The quantitative estimate of drug-likeness (QED) is 0.338. The summed E-state index contributed by atoms with van der Waals surface area (Å²) in [6, 6.07) is 15.2. The van der Waals surface area contributed by atoms with E-state index in [1.807, 2.05) is 61.9 Å². The molecule has 3 N–H and O–H groups in total. The molecular weight excluding hydrogens is 496 g/mol. The van der Waals surface area contributed by atoms with Gasteiger partial charge in [0, 0.05) is 42.1 Å². The number of nitrogens with one attached hydrogen (secondary N) is 1. The fourth-order valence-corrected chi connectivity index (χ4v) is 5.18. The molecule has 9 nitrogen and oxygen atoms in total. The summed E-state index contributed by atoms with van der Waals surface area (Å²) >= 11 is 1.56. The fraction of sp³-hybridized carbons (Fsp3) is 0.107. The van der Waals surface area contributed by atoms with E-state index in [0.717, 1.165) is 32.6 Å². The first-order chi connectivity index (χ1) is 18.5. The third kappa shape index (κ3) is 4.25. The van der Waals surface area contributed by atoms with E-state index in [0.29, 0.717) is 11.3 Å². The average molecular weight is 519 g/mol. The van der Waals surface area contributed by atoms with E-state index >= 15 is 0 Å². The number of nitrogens with zero attached hydrogens (tertiary/aromatic N) is 6. The van der Waals surface area contributed by atoms with Gasteiger partial charge in [-0.15, -0.1) is 16.4 Å². The summed E-state index contributed by atoms with van der Waals surface area (Å²) in [6.45, 7) is 1.93. The van der Waals surface area contributed by atoms with E-state index in [2.05, 4.69) is 38.4 Å². The highest BCUT2D eigenvalue weighted by Gasteiger charge is 2.23. The van der Waals surface area contributed by atoms with Gasteiger partial charge < -0.3 is 11.1 Å². The van der Waals surface area contributed by atoms with Crippen molar-refractivity contribution in [1.82, 2.24) is 34.7 Å². The predicted octanol–water partition coefficient (Wildman–Crippen LogP) is 4.21. The van der Waals surface area contributed by atoms with Crippen LogP contribution in [0.15, 0.2) is 72.5 Å². The van der Waals surface area contributed by atoms with Crippen molar-refractivity contribution in [3.05, 3.63) is 94.9 Å². The monoisotopic (exact) mass is 518 g/mol. The molecule has 6 rings (SSSR count). The Hall–Kier alpha value is -5.01. The van der Waals surface area contributed by atoms with E-state index in [-0.39, 0.29) is 23.3 Å². The first-order valence-corrected chi connectivity index (χ1v) is 12.7. The Balaban J connectivity index is 1.40. The van der Waals surface area contributed by atoms with Crippen LogP contribution in [-0.2, 0) is 7.05 Å². The largest absolute Gasteiger partial charge is 0.381 e. The second-order valence-corrected chi connectivity index (χ2v) is 9.67. The molecule has 0 aliphatic heterocycles. The lowest BCUT2D eigenvalue weighted by molar-refractivity contribution is 0.0942. The van der Waals surface area contributed by atoms with Crippen LogP contribution in [0.25, 0.3) is 27.1 Å². The number of aromatic nitrogens is 6. The Labute approximate surface area is 222 Å². The van der Waals surface area contributed by atoms with Crippen LogP contribution in [0.3, 0.4) is 0 Å². The lowest BCUT2D eigenvalue weighted by Gasteiger charge is -2.18. The summed E-state index contributed by atoms with van der Waals surface area (Å²) in [5, 5.41) is 13.6. The van der Waals surface area contributed by atoms with Crippen molar-refractivity contribution in [1.29, 1.82) is 0 Å². The van der Waals surface area contributed by atoms with Gasteiger partial charge in [-0.3, -0.25) is 9.48 Å². The highest BCUT2D eigenvalue weighted by atomic mass is 32.1. The van der Waals surface area contributed by atoms with Crippen LogP contribution in [0, 0.1) is 11.8 Å². The summed E-state index contributed by atoms with van der Waals surface area (Å²) in [5.74, 6) is 6.11. The number of nitrogens with two attached hydrogens (primary N) is 1. The standard InChI is InChI=1S/C28H22N8OS/c1-17(31-28(37)23-26(29)34-36-13-6-12-30-27(23)36)21-15-22-25(32-24(21)18-7-4-3-5-8-18)19(16-38-22)9-10-20-11-14-35(2)33-20/h3-8,11-17H,1-2H3,(H2,29,34)(H,31,37)/t17-/m1/s1. The number of amides is 1. The number of aryl methyl sites for hydroxylation is 1. The Morgan fingerprint density at radius 3 is 2.74 bits per heavy atom. The first kappa shape index (κ1) is 23.4. The minimum atomic E-state index is -0.377. The molecule has 0 bridgehead atoms. The van der Waals surface area contributed by atoms with Gasteiger partial charge in [-0.05, 0) is 31.0 Å². The maximum atomic E-state index is 13.3. The van der Waals surface area contributed by atoms with Gasteiger partial charge in [-0.2, -0.15) is 5.10 Å². The molecule has 0 aliphatic carbocycles. The highest BCUT2D eigenvalue weighted by Crippen LogP contribution is 2.34. The SMILES string of the molecule is C[C@@H](NC(=O)c1c(N)nn2cccnc12)c1cc2scc(C#Cc3ccn(C)n3)c2nc1-c1ccccc1. The van der Waals surface area contributed by atoms with Gasteiger partial charge in [0.2, 0.25) is 0 Å². The van der Waals surface area contributed by atoms with Crippen molar-refractivity contribution < 1.29 is 4.79 Å². The number of carbonyl (C=O) groups is 1. The van der Waals surface area contributed by atoms with Gasteiger partial charge in [0.05, 0.1) is 27.5 Å². The maximum Gasteiger partial charge on any atom is 0.259 e. The number of hydrogen-bond donors (Lipinski definition) is 2. The molecular formula is C28H22N8OS. The number of hydrogen-bond acceptors (Lipinski definition) is 7. The van der Waals surface area contributed by atoms with E-state index in [1.54, 1.807) is 34.5 Å². The molecule has 0 fully saturated rings. The fourth-order valence-electron chi connectivity index (χ4n) is 4.30. The van der Waals surface area contributed by atoms with E-state index in [9.17, 15) is 4.79 Å². The van der Waals surface area contributed by atoms with Crippen molar-refractivity contribution in [2.75, 3.05) is 5.73 Å². The first-order valence-electron chi connectivity index (χ1n) is 11.9. The second kappa shape index (κ2) is 9.46. The molecule has 0 saturated carbocycles. The van der Waals surface area contributed by atoms with Gasteiger partial charge in [0.15, 0.2) is 11.5 Å². The highest BCUT2D eigenvalue weighted by molar-refractivity contribution is 7.17. The summed E-state index contributed by atoms with van der Waals surface area (Å²) in [6.07, 6.45) is 5.17. The molecule has 186 valence electrons. The molecule has 6 aromatic rings. The number of fused-ring (bicyclic) bond motifs is 2. The summed E-state index contributed by atoms with van der Waals surface area (Å²) < 4.78 is 4.19. The van der Waals surface area contributed by atoms with Crippen molar-refractivity contribution in [3.63, 3.8) is 0 Å². The van der Waals surface area contributed by atoms with Gasteiger partial charge in [-0.1, -0.05) is 36.3 Å². The number of anilines is 1. The smallest absolute Gasteiger partial charge is 0.259 e. The van der Waals surface area contributed by atoms with Crippen molar-refractivity contribution in [2.45, 2.75) is 13.0 Å². The van der Waals surface area contributed by atoms with Crippen LogP contribution in [-0.4, -0.2) is 35.3 Å². The van der Waals surface area contributed by atoms with E-state index in [1.165, 1.54) is 4.52 Å². The van der Waals surface area contributed by atoms with Gasteiger partial charge in [-0.25, -0.2) is 14.5 Å². The minimum Gasteiger partial charge on any atom is -0.381 e. The summed E-state index contributed by atoms with van der Waals surface area (Å²) in [4.78, 5) is 22.7. The van der Waals surface area contributed by atoms with Crippen LogP contribution in [0.5, 0.6) is 0 Å². The zero-order chi connectivity index (χ0) is 26.2. The number of nitrogen functional groups attached to an aromatic ring is 1. The molecule has 0 aliphatic rings. The summed E-state index contributed by atoms with van der Waals surface area (Å²) in [5.41, 5.74) is 11.7. The molecule has 1 atom stereocenters. The number of carbonyl (C=O) groups excluding carboxylic acids is 1. The molecule has 0 radical (unpaired) electrons. The summed E-state index contributed by atoms with van der Waals surface area (Å²) in [7, 11) is 1.86. The van der Waals surface area contributed by atoms with Crippen LogP contribution >= 0.6 is 11.3 Å². The zero-order valence-corrected chi connectivity index (χ0v) is 21.4. The average Bonchev–Trinajstić information content (AvgIpc) is 3.62. The van der Waals surface area contributed by atoms with Crippen LogP contribution in [0.2, 0.25) is 0 Å². The molecule has 0 saturated heterocycles. The third-order valence-corrected chi connectivity index (χ3v) is 7.04. The lowest BCUT2D eigenvalue weighted by Crippen LogP contribution is -2.28. The number of rotatable bonds is 4. The van der Waals surface area contributed by atoms with Crippen LogP contribution < -0.4 is 11.1 Å². The van der Waals surface area contributed by atoms with Crippen molar-refractivity contribution >= 4 is 38.9 Å². The molecule has 5 heterocycles. The van der Waals surface area contributed by atoms with Crippen LogP contribution in [0.4, 0.5) is 5.82 Å². The molecule has 10 heteroatoms. The van der Waals surface area contributed by atoms with E-state index in [4.69, 9.17) is 10.7 Å². The topological polar surface area (TPSA) is 116 Å². The predicted molar refractivity (Wildman–Crippen MR) is 148 cm³/mol. The Morgan fingerprint density at radius 2 is 1.95 bits per heavy atom. The lowest BCUT2D eigenvalue weighted by atomic mass is 9.99. The Kier molecular flexibility index (Phi) is 5.82. The molecule has 5 aromatic heterocycles. The Morgan fingerprint density at radius 1 is 1.11 bits per heavy atom.